The topological polar surface area (TPSA) is 142 Å². The van der Waals surface area contributed by atoms with Crippen LogP contribution in [0.15, 0.2) is 43.1 Å². The van der Waals surface area contributed by atoms with Gasteiger partial charge in [-0.05, 0) is 18.8 Å². The van der Waals surface area contributed by atoms with E-state index in [0.29, 0.717) is 35.9 Å². The second kappa shape index (κ2) is 7.52. The molecular weight excluding hydrogens is 410 g/mol. The van der Waals surface area contributed by atoms with Crippen molar-refractivity contribution in [2.45, 2.75) is 18.9 Å². The van der Waals surface area contributed by atoms with Gasteiger partial charge in [0.15, 0.2) is 0 Å². The minimum Gasteiger partial charge on any atom is -0.474 e. The fourth-order valence-corrected chi connectivity index (χ4v) is 3.85. The predicted octanol–water partition coefficient (Wildman–Crippen LogP) is 2.03. The minimum atomic E-state index is -0.467. The van der Waals surface area contributed by atoms with E-state index in [0.717, 1.165) is 22.2 Å². The van der Waals surface area contributed by atoms with E-state index in [2.05, 4.69) is 37.0 Å². The lowest BCUT2D eigenvalue weighted by Gasteiger charge is -2.35. The maximum absolute atomic E-state index is 11.4. The molecule has 0 bridgehead atoms. The van der Waals surface area contributed by atoms with Crippen LogP contribution in [0.3, 0.4) is 0 Å². The molecule has 1 aliphatic rings. The Labute approximate surface area is 183 Å². The molecule has 11 heteroatoms. The standard InChI is InChI=1S/C21H23N9O2/c1-11(18(22)31)12-4-15(5-12)32-20-17-16(13-6-24-29(2)9-13)8-23-19(17)27-21(28-20)26-14-7-25-30(3)10-14/h6-10,12,15H,1,4-5H2,2-3H3,(H2,22,31)(H2,23,26,27,28). The van der Waals surface area contributed by atoms with Gasteiger partial charge in [-0.1, -0.05) is 6.58 Å². The molecule has 0 spiro atoms. The van der Waals surface area contributed by atoms with E-state index in [9.17, 15) is 4.79 Å². The van der Waals surface area contributed by atoms with Crippen molar-refractivity contribution in [3.05, 3.63) is 43.1 Å². The number of anilines is 2. The minimum absolute atomic E-state index is 0.0341. The zero-order valence-corrected chi connectivity index (χ0v) is 17.7. The molecule has 0 radical (unpaired) electrons. The van der Waals surface area contributed by atoms with Crippen LogP contribution in [0, 0.1) is 5.92 Å². The molecule has 11 nitrogen and oxygen atoms in total. The second-order valence-electron chi connectivity index (χ2n) is 8.01. The molecule has 0 aliphatic heterocycles. The van der Waals surface area contributed by atoms with Gasteiger partial charge in [-0.25, -0.2) is 0 Å². The number of aryl methyl sites for hydroxylation is 2. The van der Waals surface area contributed by atoms with Crippen LogP contribution in [0.1, 0.15) is 12.8 Å². The van der Waals surface area contributed by atoms with E-state index in [4.69, 9.17) is 10.5 Å². The second-order valence-corrected chi connectivity index (χ2v) is 8.01. The fraction of sp³-hybridized carbons (Fsp3) is 0.286. The highest BCUT2D eigenvalue weighted by Crippen LogP contribution is 2.39. The summed E-state index contributed by atoms with van der Waals surface area (Å²) >= 11 is 0. The first-order chi connectivity index (χ1) is 15.4. The van der Waals surface area contributed by atoms with Gasteiger partial charge < -0.3 is 20.8 Å². The quantitative estimate of drug-likeness (QED) is 0.379. The number of amides is 1. The summed E-state index contributed by atoms with van der Waals surface area (Å²) in [6.45, 7) is 3.79. The van der Waals surface area contributed by atoms with Gasteiger partial charge in [-0.3, -0.25) is 14.2 Å². The Balaban J connectivity index is 1.49. The number of nitrogens with one attached hydrogen (secondary N) is 2. The summed E-state index contributed by atoms with van der Waals surface area (Å²) in [7, 11) is 3.70. The average molecular weight is 433 g/mol. The number of rotatable bonds is 7. The van der Waals surface area contributed by atoms with Gasteiger partial charge >= 0.3 is 0 Å². The van der Waals surface area contributed by atoms with Crippen molar-refractivity contribution >= 4 is 28.6 Å². The maximum Gasteiger partial charge on any atom is 0.244 e. The summed E-state index contributed by atoms with van der Waals surface area (Å²) in [4.78, 5) is 23.9. The number of H-pyrrole nitrogens is 1. The van der Waals surface area contributed by atoms with Crippen LogP contribution in [0.2, 0.25) is 0 Å². The highest BCUT2D eigenvalue weighted by molar-refractivity contribution is 5.97. The third kappa shape index (κ3) is 3.57. The van der Waals surface area contributed by atoms with E-state index >= 15 is 0 Å². The van der Waals surface area contributed by atoms with Gasteiger partial charge in [0.05, 0.1) is 23.5 Å². The number of nitrogens with zero attached hydrogens (tertiary/aromatic N) is 6. The lowest BCUT2D eigenvalue weighted by atomic mass is 9.77. The molecule has 4 aromatic rings. The van der Waals surface area contributed by atoms with Gasteiger partial charge in [-0.2, -0.15) is 20.2 Å². The Hall–Kier alpha value is -4.15. The number of aromatic amines is 1. The fourth-order valence-electron chi connectivity index (χ4n) is 3.85. The summed E-state index contributed by atoms with van der Waals surface area (Å²) < 4.78 is 9.71. The van der Waals surface area contributed by atoms with E-state index in [1.54, 1.807) is 21.8 Å². The smallest absolute Gasteiger partial charge is 0.244 e. The lowest BCUT2D eigenvalue weighted by Crippen LogP contribution is -2.37. The molecule has 1 fully saturated rings. The summed E-state index contributed by atoms with van der Waals surface area (Å²) in [5, 5.41) is 12.4. The van der Waals surface area contributed by atoms with Crippen molar-refractivity contribution in [2.24, 2.45) is 25.7 Å². The number of ether oxygens (including phenoxy) is 1. The van der Waals surface area contributed by atoms with Gasteiger partial charge in [0.1, 0.15) is 11.8 Å². The largest absolute Gasteiger partial charge is 0.474 e. The molecule has 4 N–H and O–H groups in total. The third-order valence-electron chi connectivity index (χ3n) is 5.66. The highest BCUT2D eigenvalue weighted by Gasteiger charge is 2.35. The molecule has 1 saturated carbocycles. The number of fused-ring (bicyclic) bond motifs is 1. The maximum atomic E-state index is 11.4. The predicted molar refractivity (Wildman–Crippen MR) is 118 cm³/mol. The van der Waals surface area contributed by atoms with Crippen LogP contribution in [0.5, 0.6) is 5.88 Å². The van der Waals surface area contributed by atoms with E-state index in [-0.39, 0.29) is 12.0 Å². The Morgan fingerprint density at radius 2 is 1.97 bits per heavy atom. The first-order valence-corrected chi connectivity index (χ1v) is 10.2. The van der Waals surface area contributed by atoms with Crippen molar-refractivity contribution in [2.75, 3.05) is 5.32 Å². The first kappa shape index (κ1) is 19.8. The van der Waals surface area contributed by atoms with Gasteiger partial charge in [0.2, 0.25) is 17.7 Å². The summed E-state index contributed by atoms with van der Waals surface area (Å²) in [5.41, 5.74) is 9.02. The third-order valence-corrected chi connectivity index (χ3v) is 5.66. The van der Waals surface area contributed by atoms with E-state index in [1.165, 1.54) is 0 Å². The van der Waals surface area contributed by atoms with E-state index < -0.39 is 5.91 Å². The molecule has 0 aromatic carbocycles. The number of nitrogens with two attached hydrogens (primary N) is 1. The zero-order valence-electron chi connectivity index (χ0n) is 17.7. The Morgan fingerprint density at radius 1 is 1.22 bits per heavy atom. The van der Waals surface area contributed by atoms with Gasteiger partial charge in [-0.15, -0.1) is 0 Å². The van der Waals surface area contributed by atoms with Crippen molar-refractivity contribution < 1.29 is 9.53 Å². The molecule has 1 amide bonds. The molecule has 4 heterocycles. The Kier molecular flexibility index (Phi) is 4.65. The van der Waals surface area contributed by atoms with E-state index in [1.807, 2.05) is 32.7 Å². The summed E-state index contributed by atoms with van der Waals surface area (Å²) in [6, 6.07) is 0. The van der Waals surface area contributed by atoms with Crippen LogP contribution in [0.4, 0.5) is 11.6 Å². The van der Waals surface area contributed by atoms with Crippen LogP contribution in [0.25, 0.3) is 22.2 Å². The number of hydrogen-bond acceptors (Lipinski definition) is 7. The molecule has 1 aliphatic carbocycles. The molecule has 5 rings (SSSR count). The zero-order chi connectivity index (χ0) is 22.4. The van der Waals surface area contributed by atoms with Crippen molar-refractivity contribution in [1.29, 1.82) is 0 Å². The number of aromatic nitrogens is 7. The molecule has 32 heavy (non-hydrogen) atoms. The van der Waals surface area contributed by atoms with Crippen LogP contribution >= 0.6 is 0 Å². The highest BCUT2D eigenvalue weighted by atomic mass is 16.5. The number of hydrogen-bond donors (Lipinski definition) is 3. The molecule has 4 aromatic heterocycles. The number of carbonyl (C=O) groups is 1. The Morgan fingerprint density at radius 3 is 2.62 bits per heavy atom. The molecule has 0 saturated heterocycles. The van der Waals surface area contributed by atoms with Crippen molar-refractivity contribution in [3.63, 3.8) is 0 Å². The van der Waals surface area contributed by atoms with Crippen LogP contribution in [-0.4, -0.2) is 46.5 Å². The molecule has 0 atom stereocenters. The van der Waals surface area contributed by atoms with Crippen molar-refractivity contribution in [3.8, 4) is 17.0 Å². The van der Waals surface area contributed by atoms with Crippen molar-refractivity contribution in [1.82, 2.24) is 34.5 Å². The molecule has 0 unspecified atom stereocenters. The normalized spacial score (nSPS) is 17.8. The monoisotopic (exact) mass is 433 g/mol. The van der Waals surface area contributed by atoms with Gasteiger partial charge in [0, 0.05) is 49.4 Å². The summed E-state index contributed by atoms with van der Waals surface area (Å²) in [6.07, 6.45) is 10.3. The van der Waals surface area contributed by atoms with Crippen LogP contribution < -0.4 is 15.8 Å². The molecular formula is C21H23N9O2. The number of carbonyl (C=O) groups excluding carboxylic acids is 1. The first-order valence-electron chi connectivity index (χ1n) is 10.2. The van der Waals surface area contributed by atoms with Gasteiger partial charge in [0.25, 0.3) is 0 Å². The number of primary amides is 1. The summed E-state index contributed by atoms with van der Waals surface area (Å²) in [5.74, 6) is 0.407. The average Bonchev–Trinajstić information content (AvgIpc) is 3.43. The van der Waals surface area contributed by atoms with Crippen LogP contribution in [-0.2, 0) is 18.9 Å². The lowest BCUT2D eigenvalue weighted by molar-refractivity contribution is -0.115. The molecule has 164 valence electrons. The Bertz CT molecular complexity index is 1330. The SMILES string of the molecule is C=C(C(N)=O)C1CC(Oc2nc(Nc3cnn(C)c3)nc3[nH]cc(-c4cnn(C)c4)c23)C1.